The normalized spacial score (nSPS) is 19.0. The number of hydrogen-bond donors (Lipinski definition) is 0. The van der Waals surface area contributed by atoms with Crippen molar-refractivity contribution in [2.75, 3.05) is 26.2 Å². The number of sulfonamides is 1. The Labute approximate surface area is 204 Å². The molecule has 2 fully saturated rings. The van der Waals surface area contributed by atoms with Crippen molar-refractivity contribution in [2.24, 2.45) is 11.8 Å². The summed E-state index contributed by atoms with van der Waals surface area (Å²) in [5.41, 5.74) is 3.55. The number of carbonyl (C=O) groups excluding carboxylic acids is 1. The molecule has 6 heteroatoms. The zero-order valence-electron chi connectivity index (χ0n) is 20.1. The number of piperidine rings is 2. The summed E-state index contributed by atoms with van der Waals surface area (Å²) >= 11 is 0. The quantitative estimate of drug-likeness (QED) is 0.568. The Morgan fingerprint density at radius 3 is 2.21 bits per heavy atom. The summed E-state index contributed by atoms with van der Waals surface area (Å²) < 4.78 is 26.9. The molecule has 2 aromatic carbocycles. The Hall–Kier alpha value is -2.44. The molecule has 2 heterocycles. The second kappa shape index (κ2) is 11.3. The van der Waals surface area contributed by atoms with Crippen molar-refractivity contribution in [3.63, 3.8) is 0 Å². The van der Waals surface area contributed by atoms with Crippen LogP contribution in [-0.2, 0) is 21.2 Å². The summed E-state index contributed by atoms with van der Waals surface area (Å²) in [4.78, 5) is 15.1. The lowest BCUT2D eigenvalue weighted by Gasteiger charge is -2.36. The van der Waals surface area contributed by atoms with Gasteiger partial charge in [0.15, 0.2) is 0 Å². The predicted molar refractivity (Wildman–Crippen MR) is 137 cm³/mol. The van der Waals surface area contributed by atoms with Crippen LogP contribution in [0.25, 0.3) is 6.08 Å². The van der Waals surface area contributed by atoms with Gasteiger partial charge in [-0.05, 0) is 68.6 Å². The van der Waals surface area contributed by atoms with Crippen molar-refractivity contribution in [2.45, 2.75) is 45.4 Å². The van der Waals surface area contributed by atoms with Crippen LogP contribution in [0.2, 0.25) is 0 Å². The minimum absolute atomic E-state index is 0.0614. The molecule has 0 unspecified atom stereocenters. The molecule has 1 amide bonds. The SMILES string of the molecule is Cc1ccc(CCC2CCN(C(=O)C3CCN(S(=O)(=O)/C=C/c4ccccc4)CC3)CC2)cc1. The van der Waals surface area contributed by atoms with Gasteiger partial charge in [-0.25, -0.2) is 8.42 Å². The van der Waals surface area contributed by atoms with E-state index in [9.17, 15) is 13.2 Å². The molecule has 4 rings (SSSR count). The fourth-order valence-electron chi connectivity index (χ4n) is 5.00. The lowest BCUT2D eigenvalue weighted by molar-refractivity contribution is -0.138. The van der Waals surface area contributed by atoms with Crippen molar-refractivity contribution in [1.82, 2.24) is 9.21 Å². The van der Waals surface area contributed by atoms with Crippen LogP contribution in [0.3, 0.4) is 0 Å². The van der Waals surface area contributed by atoms with Gasteiger partial charge in [0.1, 0.15) is 0 Å². The zero-order chi connectivity index (χ0) is 24.0. The van der Waals surface area contributed by atoms with Gasteiger partial charge in [-0.2, -0.15) is 4.31 Å². The summed E-state index contributed by atoms with van der Waals surface area (Å²) in [6, 6.07) is 18.2. The van der Waals surface area contributed by atoms with Gasteiger partial charge in [0.05, 0.1) is 0 Å². The van der Waals surface area contributed by atoms with Crippen molar-refractivity contribution in [1.29, 1.82) is 0 Å². The summed E-state index contributed by atoms with van der Waals surface area (Å²) in [6.07, 6.45) is 7.25. The lowest BCUT2D eigenvalue weighted by Crippen LogP contribution is -2.46. The lowest BCUT2D eigenvalue weighted by atomic mass is 9.89. The standard InChI is InChI=1S/C28H36N2O3S/c1-23-7-9-25(10-8-23)11-12-26-13-18-29(19-14-26)28(31)27-15-20-30(21-16-27)34(32,33)22-17-24-5-3-2-4-6-24/h2-10,17,22,26-27H,11-16,18-21H2,1H3/b22-17+. The van der Waals surface area contributed by atoms with Gasteiger partial charge in [0.2, 0.25) is 15.9 Å². The van der Waals surface area contributed by atoms with Crippen LogP contribution in [-0.4, -0.2) is 49.7 Å². The van der Waals surface area contributed by atoms with E-state index >= 15 is 0 Å². The largest absolute Gasteiger partial charge is 0.342 e. The number of rotatable bonds is 7. The van der Waals surface area contributed by atoms with E-state index in [1.54, 1.807) is 6.08 Å². The third-order valence-electron chi connectivity index (χ3n) is 7.28. The Morgan fingerprint density at radius 1 is 0.912 bits per heavy atom. The fourth-order valence-corrected chi connectivity index (χ4v) is 6.22. The number of hydrogen-bond acceptors (Lipinski definition) is 3. The Morgan fingerprint density at radius 2 is 1.56 bits per heavy atom. The molecule has 5 nitrogen and oxygen atoms in total. The predicted octanol–water partition coefficient (Wildman–Crippen LogP) is 4.88. The topological polar surface area (TPSA) is 57.7 Å². The summed E-state index contributed by atoms with van der Waals surface area (Å²) in [5, 5.41) is 1.28. The van der Waals surface area contributed by atoms with Crippen LogP contribution in [0.4, 0.5) is 0 Å². The van der Waals surface area contributed by atoms with Crippen LogP contribution in [0.15, 0.2) is 60.0 Å². The average Bonchev–Trinajstić information content (AvgIpc) is 2.88. The Bertz CT molecular complexity index is 1060. The first-order chi connectivity index (χ1) is 16.4. The molecular formula is C28H36N2O3S. The van der Waals surface area contributed by atoms with Gasteiger partial charge in [0.25, 0.3) is 0 Å². The third kappa shape index (κ3) is 6.57. The monoisotopic (exact) mass is 480 g/mol. The third-order valence-corrected chi connectivity index (χ3v) is 8.85. The van der Waals surface area contributed by atoms with E-state index in [-0.39, 0.29) is 11.8 Å². The highest BCUT2D eigenvalue weighted by molar-refractivity contribution is 7.92. The highest BCUT2D eigenvalue weighted by Crippen LogP contribution is 2.27. The van der Waals surface area contributed by atoms with Crippen LogP contribution in [0.1, 0.15) is 48.8 Å². The summed E-state index contributed by atoms with van der Waals surface area (Å²) in [5.74, 6) is 0.830. The van der Waals surface area contributed by atoms with Crippen molar-refractivity contribution in [3.8, 4) is 0 Å². The molecule has 0 N–H and O–H groups in total. The van der Waals surface area contributed by atoms with Crippen LogP contribution in [0.5, 0.6) is 0 Å². The number of benzene rings is 2. The number of aryl methyl sites for hydroxylation is 2. The summed E-state index contributed by atoms with van der Waals surface area (Å²) in [7, 11) is -3.47. The minimum Gasteiger partial charge on any atom is -0.342 e. The highest BCUT2D eigenvalue weighted by Gasteiger charge is 2.33. The van der Waals surface area contributed by atoms with Gasteiger partial charge >= 0.3 is 0 Å². The molecular weight excluding hydrogens is 444 g/mol. The number of amides is 1. The minimum atomic E-state index is -3.47. The first kappa shape index (κ1) is 24.7. The van der Waals surface area contributed by atoms with Crippen LogP contribution < -0.4 is 0 Å². The van der Waals surface area contributed by atoms with E-state index in [0.717, 1.165) is 37.9 Å². The molecule has 2 aromatic rings. The zero-order valence-corrected chi connectivity index (χ0v) is 20.9. The van der Waals surface area contributed by atoms with E-state index in [4.69, 9.17) is 0 Å². The second-order valence-electron chi connectivity index (χ2n) is 9.72. The van der Waals surface area contributed by atoms with Crippen LogP contribution in [0, 0.1) is 18.8 Å². The Balaban J connectivity index is 1.21. The fraction of sp³-hybridized carbons (Fsp3) is 0.464. The first-order valence-corrected chi connectivity index (χ1v) is 14.0. The number of nitrogens with zero attached hydrogens (tertiary/aromatic N) is 2. The van der Waals surface area contributed by atoms with E-state index < -0.39 is 10.0 Å². The van der Waals surface area contributed by atoms with E-state index in [1.165, 1.54) is 27.3 Å². The number of likely N-dealkylation sites (tertiary alicyclic amines) is 1. The molecule has 0 radical (unpaired) electrons. The van der Waals surface area contributed by atoms with Crippen molar-refractivity contribution >= 4 is 22.0 Å². The van der Waals surface area contributed by atoms with E-state index in [1.807, 2.05) is 35.2 Å². The first-order valence-electron chi connectivity index (χ1n) is 12.5. The maximum atomic E-state index is 13.1. The average molecular weight is 481 g/mol. The van der Waals surface area contributed by atoms with Gasteiger partial charge < -0.3 is 4.90 Å². The van der Waals surface area contributed by atoms with Crippen molar-refractivity contribution in [3.05, 3.63) is 76.7 Å². The smallest absolute Gasteiger partial charge is 0.236 e. The van der Waals surface area contributed by atoms with E-state index in [0.29, 0.717) is 31.8 Å². The van der Waals surface area contributed by atoms with Gasteiger partial charge in [-0.1, -0.05) is 60.2 Å². The molecule has 2 aliphatic heterocycles. The maximum Gasteiger partial charge on any atom is 0.236 e. The highest BCUT2D eigenvalue weighted by atomic mass is 32.2. The maximum absolute atomic E-state index is 13.1. The van der Waals surface area contributed by atoms with Gasteiger partial charge in [0, 0.05) is 37.5 Å². The molecule has 182 valence electrons. The molecule has 0 spiro atoms. The Kier molecular flexibility index (Phi) is 8.22. The molecule has 0 aromatic heterocycles. The molecule has 0 saturated carbocycles. The van der Waals surface area contributed by atoms with Crippen molar-refractivity contribution < 1.29 is 13.2 Å². The molecule has 0 aliphatic carbocycles. The second-order valence-corrected chi connectivity index (χ2v) is 11.5. The molecule has 34 heavy (non-hydrogen) atoms. The van der Waals surface area contributed by atoms with Gasteiger partial charge in [-0.3, -0.25) is 4.79 Å². The molecule has 2 aliphatic rings. The van der Waals surface area contributed by atoms with Gasteiger partial charge in [-0.15, -0.1) is 0 Å². The summed E-state index contributed by atoms with van der Waals surface area (Å²) in [6.45, 7) is 4.59. The van der Waals surface area contributed by atoms with Crippen LogP contribution >= 0.6 is 0 Å². The molecule has 2 saturated heterocycles. The molecule has 0 atom stereocenters. The molecule has 0 bridgehead atoms. The van der Waals surface area contributed by atoms with E-state index in [2.05, 4.69) is 31.2 Å². The number of carbonyl (C=O) groups is 1.